The van der Waals surface area contributed by atoms with Crippen molar-refractivity contribution in [3.63, 3.8) is 0 Å². The molecule has 10 rings (SSSR count). The van der Waals surface area contributed by atoms with Crippen LogP contribution in [0.1, 0.15) is 74.4 Å². The minimum absolute atomic E-state index is 0.0471. The number of aryl methyl sites for hydroxylation is 1. The Kier molecular flexibility index (Phi) is 9.97. The lowest BCUT2D eigenvalue weighted by Crippen LogP contribution is -2.40. The lowest BCUT2D eigenvalue weighted by molar-refractivity contribution is -0.122. The van der Waals surface area contributed by atoms with Crippen molar-refractivity contribution < 1.29 is 37.8 Å². The van der Waals surface area contributed by atoms with E-state index in [9.17, 15) is 9.59 Å². The van der Waals surface area contributed by atoms with Crippen molar-refractivity contribution >= 4 is 44.3 Å². The number of nitrogens with one attached hydrogen (secondary N) is 3. The maximum absolute atomic E-state index is 13.0. The average Bonchev–Trinajstić information content (AvgIpc) is 3.99. The summed E-state index contributed by atoms with van der Waals surface area (Å²) in [6.45, 7) is 7.33. The molecule has 16 heteroatoms. The number of hydrogen-bond donors (Lipinski definition) is 7. The molecule has 4 atom stereocenters. The van der Waals surface area contributed by atoms with E-state index in [2.05, 4.69) is 58.1 Å². The van der Waals surface area contributed by atoms with E-state index >= 15 is 0 Å². The van der Waals surface area contributed by atoms with Gasteiger partial charge in [0.15, 0.2) is 23.4 Å². The molecule has 0 fully saturated rings. The molecular formula is C40H42N6O8P2. The summed E-state index contributed by atoms with van der Waals surface area (Å²) >= 11 is 0. The second kappa shape index (κ2) is 14.8. The number of nitrogens with two attached hydrogens (primary N) is 1. The van der Waals surface area contributed by atoms with Crippen LogP contribution in [0.25, 0.3) is 44.9 Å². The molecule has 4 aliphatic heterocycles. The quantitative estimate of drug-likeness (QED) is 0.0885. The predicted octanol–water partition coefficient (Wildman–Crippen LogP) is 7.18. The molecule has 10 bridgehead atoms. The summed E-state index contributed by atoms with van der Waals surface area (Å²) in [7, 11) is -3.52. The maximum Gasteiger partial charge on any atom is 0.249 e. The molecule has 3 aromatic carbocycles. The normalized spacial score (nSPS) is 19.9. The zero-order valence-electron chi connectivity index (χ0n) is 31.2. The number of primary amides is 1. The molecule has 290 valence electrons. The number of aromatic amines is 1. The lowest BCUT2D eigenvalue weighted by atomic mass is 9.72. The third kappa shape index (κ3) is 6.35. The number of carbonyl (C=O) groups excluding carboxylic acids is 2. The van der Waals surface area contributed by atoms with E-state index in [1.165, 1.54) is 6.66 Å². The number of anilines is 1. The Morgan fingerprint density at radius 2 is 1.79 bits per heavy atom. The van der Waals surface area contributed by atoms with Gasteiger partial charge in [0, 0.05) is 57.9 Å². The first-order valence-electron chi connectivity index (χ1n) is 18.4. The number of aromatic nitrogens is 3. The topological polar surface area (TPSA) is 222 Å². The van der Waals surface area contributed by atoms with Crippen LogP contribution < -0.4 is 21.1 Å². The predicted molar refractivity (Wildman–Crippen MR) is 214 cm³/mol. The van der Waals surface area contributed by atoms with Crippen LogP contribution in [0.4, 0.5) is 5.69 Å². The highest BCUT2D eigenvalue weighted by Crippen LogP contribution is 2.61. The van der Waals surface area contributed by atoms with Crippen molar-refractivity contribution in [3.8, 4) is 39.8 Å². The number of amides is 2. The van der Waals surface area contributed by atoms with E-state index in [0.29, 0.717) is 60.6 Å². The van der Waals surface area contributed by atoms with E-state index in [4.69, 9.17) is 44.0 Å². The first kappa shape index (κ1) is 37.8. The highest BCUT2D eigenvalue weighted by Gasteiger charge is 2.61. The van der Waals surface area contributed by atoms with Gasteiger partial charge in [0.05, 0.1) is 6.20 Å². The monoisotopic (exact) mass is 796 g/mol. The number of fused-ring (bicyclic) bond motifs is 7. The molecule has 3 aromatic heterocycles. The van der Waals surface area contributed by atoms with Crippen molar-refractivity contribution in [2.75, 3.05) is 12.0 Å². The van der Waals surface area contributed by atoms with Gasteiger partial charge in [-0.15, -0.1) is 0 Å². The minimum atomic E-state index is -2.04. The molecular weight excluding hydrogens is 754 g/mol. The summed E-state index contributed by atoms with van der Waals surface area (Å²) in [4.78, 5) is 60.6. The summed E-state index contributed by atoms with van der Waals surface area (Å²) in [6.07, 6.45) is 5.28. The molecule has 0 aliphatic carbocycles. The smallest absolute Gasteiger partial charge is 0.249 e. The van der Waals surface area contributed by atoms with E-state index in [0.717, 1.165) is 55.7 Å². The number of carbonyl (C=O) groups is 2. The second-order valence-corrected chi connectivity index (χ2v) is 18.9. The number of nitrogens with zero attached hydrogens (tertiary/aromatic N) is 2. The van der Waals surface area contributed by atoms with Gasteiger partial charge in [0.25, 0.3) is 0 Å². The number of ether oxygens (including phenoxy) is 1. The SMILES string of the molecule is CC(C)CC(N)=O.CCC1NC(=O)CCc2ccc3c(c2)[C@]24c5cccc(c5NC2O3)-c2cccc3[nH]cc(c23)-c2cnc(o2)-c2nc1oc24.CP(O)P(O)O. The molecule has 2 amide bonds. The fourth-order valence-corrected chi connectivity index (χ4v) is 7.95. The Labute approximate surface area is 324 Å². The van der Waals surface area contributed by atoms with Crippen LogP contribution >= 0.6 is 15.9 Å². The summed E-state index contributed by atoms with van der Waals surface area (Å²) < 4.78 is 20.1. The first-order valence-corrected chi connectivity index (χ1v) is 22.1. The van der Waals surface area contributed by atoms with Gasteiger partial charge in [-0.1, -0.05) is 63.2 Å². The van der Waals surface area contributed by atoms with Gasteiger partial charge in [0.2, 0.25) is 31.7 Å². The van der Waals surface area contributed by atoms with E-state index < -0.39 is 33.6 Å². The highest BCUT2D eigenvalue weighted by atomic mass is 32.1. The van der Waals surface area contributed by atoms with Crippen LogP contribution in [0, 0.1) is 5.92 Å². The van der Waals surface area contributed by atoms with Crippen LogP contribution in [-0.4, -0.2) is 54.3 Å². The fraction of sp³-hybridized carbons (Fsp3) is 0.300. The van der Waals surface area contributed by atoms with Crippen molar-refractivity contribution in [2.24, 2.45) is 11.7 Å². The summed E-state index contributed by atoms with van der Waals surface area (Å²) in [5, 5.41) is 7.98. The molecule has 1 spiro atoms. The van der Waals surface area contributed by atoms with E-state index in [1.807, 2.05) is 39.1 Å². The molecule has 0 saturated heterocycles. The summed E-state index contributed by atoms with van der Waals surface area (Å²) in [5.41, 5.74) is 12.6. The molecule has 56 heavy (non-hydrogen) atoms. The second-order valence-electron chi connectivity index (χ2n) is 14.5. The molecule has 14 nitrogen and oxygen atoms in total. The fourth-order valence-electron chi connectivity index (χ4n) is 7.95. The van der Waals surface area contributed by atoms with Crippen molar-refractivity contribution in [1.82, 2.24) is 20.3 Å². The third-order valence-electron chi connectivity index (χ3n) is 10.4. The Balaban J connectivity index is 0.000000296. The van der Waals surface area contributed by atoms with Crippen molar-refractivity contribution in [2.45, 2.75) is 64.1 Å². The van der Waals surface area contributed by atoms with Crippen LogP contribution in [0.15, 0.2) is 75.8 Å². The van der Waals surface area contributed by atoms with Gasteiger partial charge in [-0.3, -0.25) is 9.59 Å². The number of benzene rings is 3. The van der Waals surface area contributed by atoms with Gasteiger partial charge in [0.1, 0.15) is 25.0 Å². The Bertz CT molecular complexity index is 2470. The molecule has 6 aromatic rings. The van der Waals surface area contributed by atoms with Gasteiger partial charge in [-0.2, -0.15) is 0 Å². The van der Waals surface area contributed by atoms with Gasteiger partial charge in [-0.25, -0.2) is 9.97 Å². The Hall–Kier alpha value is -5.10. The largest absolute Gasteiger partial charge is 0.469 e. The van der Waals surface area contributed by atoms with Gasteiger partial charge < -0.3 is 49.6 Å². The highest BCUT2D eigenvalue weighted by molar-refractivity contribution is 8.22. The lowest BCUT2D eigenvalue weighted by Gasteiger charge is -2.27. The molecule has 0 saturated carbocycles. The third-order valence-corrected chi connectivity index (χ3v) is 12.5. The van der Waals surface area contributed by atoms with Crippen LogP contribution in [0.5, 0.6) is 5.75 Å². The average molecular weight is 797 g/mol. The van der Waals surface area contributed by atoms with Crippen LogP contribution in [0.3, 0.4) is 0 Å². The molecule has 8 N–H and O–H groups in total. The molecule has 3 unspecified atom stereocenters. The Morgan fingerprint density at radius 3 is 2.50 bits per heavy atom. The van der Waals surface area contributed by atoms with Crippen molar-refractivity contribution in [1.29, 1.82) is 0 Å². The number of H-pyrrole nitrogens is 1. The van der Waals surface area contributed by atoms with Crippen LogP contribution in [0.2, 0.25) is 0 Å². The number of para-hydroxylation sites is 1. The van der Waals surface area contributed by atoms with Crippen LogP contribution in [-0.2, 0) is 21.4 Å². The molecule has 7 heterocycles. The molecule has 0 radical (unpaired) electrons. The zero-order chi connectivity index (χ0) is 39.5. The van der Waals surface area contributed by atoms with Crippen molar-refractivity contribution in [3.05, 3.63) is 95.3 Å². The zero-order valence-corrected chi connectivity index (χ0v) is 32.9. The first-order chi connectivity index (χ1) is 26.9. The molecule has 4 aliphatic rings. The van der Waals surface area contributed by atoms with E-state index in [-0.39, 0.29) is 11.8 Å². The summed E-state index contributed by atoms with van der Waals surface area (Å²) in [5.74, 6) is 2.90. The number of rotatable bonds is 4. The summed E-state index contributed by atoms with van der Waals surface area (Å²) in [6, 6.07) is 18.5. The van der Waals surface area contributed by atoms with Gasteiger partial charge >= 0.3 is 0 Å². The standard InChI is InChI=1S/C34H25N5O4.C5H11NO.CH6O3P2/c1-2-22-31-38-29-30(43-31)34-20-7-3-6-18(17-5-4-8-23-27(17)19(14-35-23)25-15-36-32(29)41-25)28(20)39-33(34)42-24-11-9-16(13-21(24)34)10-12-26(40)37-22;1-4(2)3-5(6)7;1-5(2)6(3)4/h3-9,11,13-15,22,33,35,39H,2,10,12H2,1H3,(H,37,40);4H,3H2,1-2H3,(H2,6,7);2-4H,1H3/t22?,33?,34-;;/m0../s1. The van der Waals surface area contributed by atoms with Gasteiger partial charge in [-0.05, 0) is 48.7 Å². The number of oxazole rings is 2. The maximum atomic E-state index is 13.0. The number of hydrogen-bond acceptors (Lipinski definition) is 11. The minimum Gasteiger partial charge on any atom is -0.469 e. The Morgan fingerprint density at radius 1 is 1.02 bits per heavy atom. The van der Waals surface area contributed by atoms with E-state index in [1.54, 1.807) is 6.20 Å².